The zero-order valence-electron chi connectivity index (χ0n) is 7.48. The smallest absolute Gasteiger partial charge is 0.322 e. The van der Waals surface area contributed by atoms with Crippen LogP contribution in [0.2, 0.25) is 0 Å². The largest absolute Gasteiger partial charge is 0.480 e. The van der Waals surface area contributed by atoms with Gasteiger partial charge in [-0.25, -0.2) is 0 Å². The second-order valence-corrected chi connectivity index (χ2v) is 3.39. The van der Waals surface area contributed by atoms with Crippen LogP contribution in [0.15, 0.2) is 0 Å². The zero-order chi connectivity index (χ0) is 9.84. The van der Waals surface area contributed by atoms with Crippen molar-refractivity contribution in [3.63, 3.8) is 0 Å². The third-order valence-corrected chi connectivity index (χ3v) is 2.51. The molecule has 0 spiro atoms. The lowest BCUT2D eigenvalue weighted by molar-refractivity contribution is -0.139. The van der Waals surface area contributed by atoms with Gasteiger partial charge in [0.25, 0.3) is 0 Å². The van der Waals surface area contributed by atoms with E-state index in [4.69, 9.17) is 21.3 Å². The van der Waals surface area contributed by atoms with Crippen molar-refractivity contribution < 1.29 is 14.6 Å². The third kappa shape index (κ3) is 2.65. The number of nitrogens with two attached hydrogens (primary N) is 2. The molecule has 1 saturated heterocycles. The molecular weight excluding hydrogens is 172 g/mol. The molecule has 1 aliphatic heterocycles. The summed E-state index contributed by atoms with van der Waals surface area (Å²) < 4.78 is 5.15. The predicted octanol–water partition coefficient (Wildman–Crippen LogP) is -0.848. The standard InChI is InChI=1S/C8H16N2O3/c9-6(7(10)8(11)12)5-1-3-13-4-2-5/h5-7H,1-4,9-10H2,(H,11,12). The quantitative estimate of drug-likeness (QED) is 0.536. The van der Waals surface area contributed by atoms with Gasteiger partial charge in [-0.1, -0.05) is 0 Å². The highest BCUT2D eigenvalue weighted by Gasteiger charge is 2.29. The second kappa shape index (κ2) is 4.55. The summed E-state index contributed by atoms with van der Waals surface area (Å²) in [5, 5.41) is 8.65. The number of hydrogen-bond acceptors (Lipinski definition) is 4. The van der Waals surface area contributed by atoms with Crippen LogP contribution in [0.5, 0.6) is 0 Å². The van der Waals surface area contributed by atoms with Crippen LogP contribution in [0, 0.1) is 5.92 Å². The lowest BCUT2D eigenvalue weighted by Crippen LogP contribution is -2.52. The van der Waals surface area contributed by atoms with E-state index in [1.54, 1.807) is 0 Å². The number of aliphatic carboxylic acids is 1. The fraction of sp³-hybridized carbons (Fsp3) is 0.875. The Bertz CT molecular complexity index is 180. The summed E-state index contributed by atoms with van der Waals surface area (Å²) in [6, 6.07) is -1.41. The highest BCUT2D eigenvalue weighted by atomic mass is 16.5. The number of carboxylic acid groups (broad SMARTS) is 1. The fourth-order valence-corrected chi connectivity index (χ4v) is 1.56. The van der Waals surface area contributed by atoms with Gasteiger partial charge in [-0.3, -0.25) is 4.79 Å². The van der Waals surface area contributed by atoms with Crippen LogP contribution in [0.4, 0.5) is 0 Å². The van der Waals surface area contributed by atoms with Crippen molar-refractivity contribution in [3.8, 4) is 0 Å². The van der Waals surface area contributed by atoms with E-state index in [9.17, 15) is 4.79 Å². The molecule has 0 amide bonds. The Balaban J connectivity index is 2.44. The van der Waals surface area contributed by atoms with Crippen LogP contribution in [0.1, 0.15) is 12.8 Å². The molecule has 0 aromatic rings. The van der Waals surface area contributed by atoms with Crippen molar-refractivity contribution in [1.29, 1.82) is 0 Å². The number of carbonyl (C=O) groups is 1. The summed E-state index contributed by atoms with van der Waals surface area (Å²) in [6.45, 7) is 1.31. The van der Waals surface area contributed by atoms with Crippen molar-refractivity contribution in [2.75, 3.05) is 13.2 Å². The van der Waals surface area contributed by atoms with E-state index in [-0.39, 0.29) is 5.92 Å². The van der Waals surface area contributed by atoms with E-state index in [1.165, 1.54) is 0 Å². The predicted molar refractivity (Wildman–Crippen MR) is 47.1 cm³/mol. The summed E-state index contributed by atoms with van der Waals surface area (Å²) in [7, 11) is 0. The summed E-state index contributed by atoms with van der Waals surface area (Å²) in [5.41, 5.74) is 11.2. The Kier molecular flexibility index (Phi) is 3.65. The molecule has 0 saturated carbocycles. The molecule has 1 heterocycles. The van der Waals surface area contributed by atoms with E-state index in [1.807, 2.05) is 0 Å². The normalized spacial score (nSPS) is 23.8. The van der Waals surface area contributed by atoms with Crippen LogP contribution in [-0.2, 0) is 9.53 Å². The van der Waals surface area contributed by atoms with Gasteiger partial charge >= 0.3 is 5.97 Å². The van der Waals surface area contributed by atoms with Crippen molar-refractivity contribution in [3.05, 3.63) is 0 Å². The van der Waals surface area contributed by atoms with Crippen molar-refractivity contribution in [2.24, 2.45) is 17.4 Å². The minimum Gasteiger partial charge on any atom is -0.480 e. The Morgan fingerprint density at radius 2 is 1.92 bits per heavy atom. The Morgan fingerprint density at radius 3 is 2.38 bits per heavy atom. The maximum Gasteiger partial charge on any atom is 0.322 e. The molecule has 76 valence electrons. The first-order valence-corrected chi connectivity index (χ1v) is 4.44. The van der Waals surface area contributed by atoms with Crippen molar-refractivity contribution >= 4 is 5.97 Å². The second-order valence-electron chi connectivity index (χ2n) is 3.39. The molecule has 5 N–H and O–H groups in total. The molecule has 5 nitrogen and oxygen atoms in total. The molecule has 5 heteroatoms. The lowest BCUT2D eigenvalue weighted by Gasteiger charge is -2.29. The number of rotatable bonds is 3. The highest BCUT2D eigenvalue weighted by Crippen LogP contribution is 2.18. The van der Waals surface area contributed by atoms with Crippen LogP contribution in [0.3, 0.4) is 0 Å². The van der Waals surface area contributed by atoms with Gasteiger partial charge in [0.05, 0.1) is 0 Å². The number of carboxylic acids is 1. The first-order valence-electron chi connectivity index (χ1n) is 4.44. The topological polar surface area (TPSA) is 98.6 Å². The summed E-state index contributed by atoms with van der Waals surface area (Å²) >= 11 is 0. The van der Waals surface area contributed by atoms with Crippen LogP contribution < -0.4 is 11.5 Å². The van der Waals surface area contributed by atoms with Gasteiger partial charge in [0, 0.05) is 19.3 Å². The Hall–Kier alpha value is -0.650. The number of hydrogen-bond donors (Lipinski definition) is 3. The summed E-state index contributed by atoms with van der Waals surface area (Å²) in [4.78, 5) is 10.5. The van der Waals surface area contributed by atoms with E-state index in [0.29, 0.717) is 13.2 Å². The van der Waals surface area contributed by atoms with E-state index in [2.05, 4.69) is 0 Å². The van der Waals surface area contributed by atoms with Gasteiger partial charge in [0.15, 0.2) is 0 Å². The molecule has 1 fully saturated rings. The van der Waals surface area contributed by atoms with Gasteiger partial charge < -0.3 is 21.3 Å². The lowest BCUT2D eigenvalue weighted by atomic mass is 9.88. The van der Waals surface area contributed by atoms with Crippen LogP contribution >= 0.6 is 0 Å². The Labute approximate surface area is 77.0 Å². The average Bonchev–Trinajstić information content (AvgIpc) is 2.17. The van der Waals surface area contributed by atoms with Crippen LogP contribution in [-0.4, -0.2) is 36.4 Å². The molecule has 1 rings (SSSR count). The maximum absolute atomic E-state index is 10.5. The van der Waals surface area contributed by atoms with Gasteiger partial charge in [-0.05, 0) is 18.8 Å². The molecular formula is C8H16N2O3. The summed E-state index contributed by atoms with van der Waals surface area (Å²) in [6.07, 6.45) is 1.62. The average molecular weight is 188 g/mol. The maximum atomic E-state index is 10.5. The van der Waals surface area contributed by atoms with Crippen molar-refractivity contribution in [1.82, 2.24) is 0 Å². The van der Waals surface area contributed by atoms with Crippen molar-refractivity contribution in [2.45, 2.75) is 24.9 Å². The fourth-order valence-electron chi connectivity index (χ4n) is 1.56. The summed E-state index contributed by atoms with van der Waals surface area (Å²) in [5.74, 6) is -0.848. The SMILES string of the molecule is NC(C(=O)O)C(N)C1CCOCC1. The monoisotopic (exact) mass is 188 g/mol. The van der Waals surface area contributed by atoms with Gasteiger partial charge in [0.2, 0.25) is 0 Å². The first kappa shape index (κ1) is 10.4. The Morgan fingerprint density at radius 1 is 1.38 bits per heavy atom. The molecule has 0 aromatic heterocycles. The van der Waals surface area contributed by atoms with Gasteiger partial charge in [-0.15, -0.1) is 0 Å². The zero-order valence-corrected chi connectivity index (χ0v) is 7.48. The molecule has 13 heavy (non-hydrogen) atoms. The van der Waals surface area contributed by atoms with E-state index >= 15 is 0 Å². The third-order valence-electron chi connectivity index (χ3n) is 2.51. The first-order chi connectivity index (χ1) is 6.13. The van der Waals surface area contributed by atoms with Gasteiger partial charge in [-0.2, -0.15) is 0 Å². The molecule has 2 unspecified atom stereocenters. The minimum absolute atomic E-state index is 0.180. The molecule has 0 aromatic carbocycles. The van der Waals surface area contributed by atoms with Crippen LogP contribution in [0.25, 0.3) is 0 Å². The highest BCUT2D eigenvalue weighted by molar-refractivity contribution is 5.74. The van der Waals surface area contributed by atoms with Gasteiger partial charge in [0.1, 0.15) is 6.04 Å². The van der Waals surface area contributed by atoms with E-state index in [0.717, 1.165) is 12.8 Å². The molecule has 0 radical (unpaired) electrons. The molecule has 0 bridgehead atoms. The molecule has 2 atom stereocenters. The molecule has 0 aliphatic carbocycles. The minimum atomic E-state index is -1.03. The van der Waals surface area contributed by atoms with E-state index < -0.39 is 18.1 Å². The molecule has 1 aliphatic rings. The number of ether oxygens (including phenoxy) is 1.